The van der Waals surface area contributed by atoms with Gasteiger partial charge in [0.05, 0.1) is 0 Å². The van der Waals surface area contributed by atoms with Crippen LogP contribution in [-0.4, -0.2) is 37.2 Å². The van der Waals surface area contributed by atoms with Gasteiger partial charge in [-0.3, -0.25) is 14.4 Å². The highest BCUT2D eigenvalue weighted by Gasteiger charge is 2.19. The zero-order valence-electron chi connectivity index (χ0n) is 53.1. The van der Waals surface area contributed by atoms with Crippen molar-refractivity contribution in [2.24, 2.45) is 0 Å². The van der Waals surface area contributed by atoms with Crippen LogP contribution in [0.4, 0.5) is 0 Å². The van der Waals surface area contributed by atoms with Crippen molar-refractivity contribution in [3.63, 3.8) is 0 Å². The van der Waals surface area contributed by atoms with E-state index in [4.69, 9.17) is 14.2 Å². The predicted octanol–water partition coefficient (Wildman–Crippen LogP) is 23.2. The maximum atomic E-state index is 12.9. The molecule has 0 spiro atoms. The molecule has 0 aliphatic rings. The van der Waals surface area contributed by atoms with Gasteiger partial charge in [0.15, 0.2) is 6.10 Å². The third-order valence-corrected chi connectivity index (χ3v) is 13.4. The van der Waals surface area contributed by atoms with Gasteiger partial charge in [0.25, 0.3) is 0 Å². The molecule has 0 bridgehead atoms. The summed E-state index contributed by atoms with van der Waals surface area (Å²) < 4.78 is 16.9. The van der Waals surface area contributed by atoms with Crippen LogP contribution in [0.25, 0.3) is 0 Å². The second kappa shape index (κ2) is 69.0. The first-order chi connectivity index (χ1) is 41.0. The summed E-state index contributed by atoms with van der Waals surface area (Å²) in [5.41, 5.74) is 0. The molecule has 0 heterocycles. The maximum Gasteiger partial charge on any atom is 0.306 e. The Hall–Kier alpha value is -5.49. The van der Waals surface area contributed by atoms with Gasteiger partial charge < -0.3 is 14.2 Å². The van der Waals surface area contributed by atoms with Gasteiger partial charge in [0.1, 0.15) is 13.2 Å². The topological polar surface area (TPSA) is 78.9 Å². The van der Waals surface area contributed by atoms with E-state index in [0.717, 1.165) is 180 Å². The van der Waals surface area contributed by atoms with Gasteiger partial charge >= 0.3 is 17.9 Å². The van der Waals surface area contributed by atoms with Crippen molar-refractivity contribution >= 4 is 17.9 Å². The highest BCUT2D eigenvalue weighted by Crippen LogP contribution is 2.14. The van der Waals surface area contributed by atoms with Crippen molar-refractivity contribution < 1.29 is 28.6 Å². The Labute approximate surface area is 510 Å². The molecule has 0 aromatic rings. The monoisotopic (exact) mass is 1140 g/mol. The van der Waals surface area contributed by atoms with Crippen molar-refractivity contribution in [1.29, 1.82) is 0 Å². The lowest BCUT2D eigenvalue weighted by Crippen LogP contribution is -2.30. The third kappa shape index (κ3) is 67.2. The van der Waals surface area contributed by atoms with Gasteiger partial charge in [0.2, 0.25) is 0 Å². The summed E-state index contributed by atoms with van der Waals surface area (Å²) in [7, 11) is 0. The number of ether oxygens (including phenoxy) is 3. The van der Waals surface area contributed by atoms with Gasteiger partial charge in [-0.2, -0.15) is 0 Å². The average molecular weight is 1140 g/mol. The smallest absolute Gasteiger partial charge is 0.306 e. The van der Waals surface area contributed by atoms with Crippen molar-refractivity contribution in [3.8, 4) is 0 Å². The molecular formula is C77H120O6. The quantitative estimate of drug-likeness (QED) is 0.0261. The van der Waals surface area contributed by atoms with Crippen LogP contribution in [0.15, 0.2) is 182 Å². The highest BCUT2D eigenvalue weighted by atomic mass is 16.6. The summed E-state index contributed by atoms with van der Waals surface area (Å²) in [6.07, 6.45) is 103. The summed E-state index contributed by atoms with van der Waals surface area (Å²) in [6.45, 7) is 6.25. The average Bonchev–Trinajstić information content (AvgIpc) is 3.49. The van der Waals surface area contributed by atoms with Crippen molar-refractivity contribution in [2.75, 3.05) is 13.2 Å². The molecule has 0 fully saturated rings. The molecule has 0 N–H and O–H groups in total. The molecule has 0 radical (unpaired) electrons. The SMILES string of the molecule is CC/C=C\C/C=C\C/C=C\C/C=C\C/C=C\C/C=C\C/C=C\C/C=C\CCCCCCCCC(=O)OCC(COC(=O)CCCCC/C=C\C/C=C\C/C=C\CC)OC(=O)CCCCCCCCCC/C=C\C/C=C\C/C=C\C/C=C\CC. The van der Waals surface area contributed by atoms with Crippen molar-refractivity contribution in [2.45, 2.75) is 271 Å². The normalized spacial score (nSPS) is 13.3. The maximum absolute atomic E-state index is 12.9. The van der Waals surface area contributed by atoms with Crippen molar-refractivity contribution in [3.05, 3.63) is 182 Å². The summed E-state index contributed by atoms with van der Waals surface area (Å²) in [5.74, 6) is -0.964. The van der Waals surface area contributed by atoms with Crippen molar-refractivity contribution in [1.82, 2.24) is 0 Å². The molecule has 0 aliphatic carbocycles. The van der Waals surface area contributed by atoms with Crippen LogP contribution in [0.2, 0.25) is 0 Å². The van der Waals surface area contributed by atoms with Gasteiger partial charge in [-0.05, 0) is 154 Å². The second-order valence-electron chi connectivity index (χ2n) is 21.2. The number of carbonyl (C=O) groups is 3. The van der Waals surface area contributed by atoms with Crippen LogP contribution in [0.3, 0.4) is 0 Å². The summed E-state index contributed by atoms with van der Waals surface area (Å²) in [6, 6.07) is 0. The largest absolute Gasteiger partial charge is 0.462 e. The second-order valence-corrected chi connectivity index (χ2v) is 21.2. The first-order valence-electron chi connectivity index (χ1n) is 33.3. The Balaban J connectivity index is 4.40. The Morgan fingerprint density at radius 3 is 0.687 bits per heavy atom. The van der Waals surface area contributed by atoms with Gasteiger partial charge in [0, 0.05) is 19.3 Å². The minimum Gasteiger partial charge on any atom is -0.462 e. The molecule has 0 rings (SSSR count). The number of hydrogen-bond donors (Lipinski definition) is 0. The Morgan fingerprint density at radius 1 is 0.241 bits per heavy atom. The van der Waals surface area contributed by atoms with Gasteiger partial charge in [-0.1, -0.05) is 274 Å². The fourth-order valence-electron chi connectivity index (χ4n) is 8.52. The first-order valence-corrected chi connectivity index (χ1v) is 33.3. The van der Waals surface area contributed by atoms with Crippen LogP contribution in [-0.2, 0) is 28.6 Å². The molecule has 464 valence electrons. The third-order valence-electron chi connectivity index (χ3n) is 13.4. The van der Waals surface area contributed by atoms with Gasteiger partial charge in [-0.15, -0.1) is 0 Å². The lowest BCUT2D eigenvalue weighted by molar-refractivity contribution is -0.167. The lowest BCUT2D eigenvalue weighted by Gasteiger charge is -2.18. The number of carbonyl (C=O) groups excluding carboxylic acids is 3. The van der Waals surface area contributed by atoms with Crippen LogP contribution < -0.4 is 0 Å². The molecule has 0 aromatic carbocycles. The molecule has 1 unspecified atom stereocenters. The van der Waals surface area contributed by atoms with E-state index in [0.29, 0.717) is 19.3 Å². The van der Waals surface area contributed by atoms with E-state index in [1.807, 2.05) is 0 Å². The summed E-state index contributed by atoms with van der Waals surface area (Å²) >= 11 is 0. The number of esters is 3. The minimum absolute atomic E-state index is 0.107. The molecule has 83 heavy (non-hydrogen) atoms. The van der Waals surface area contributed by atoms with E-state index in [9.17, 15) is 14.4 Å². The molecular weight excluding hydrogens is 1020 g/mol. The number of rotatable bonds is 58. The molecule has 1 atom stereocenters. The van der Waals surface area contributed by atoms with E-state index in [1.165, 1.54) is 44.9 Å². The molecule has 6 heteroatoms. The van der Waals surface area contributed by atoms with E-state index >= 15 is 0 Å². The highest BCUT2D eigenvalue weighted by molar-refractivity contribution is 5.71. The van der Waals surface area contributed by atoms with E-state index < -0.39 is 6.10 Å². The summed E-state index contributed by atoms with van der Waals surface area (Å²) in [4.78, 5) is 38.4. The zero-order valence-corrected chi connectivity index (χ0v) is 53.1. The molecule has 6 nitrogen and oxygen atoms in total. The Kier molecular flexibility index (Phi) is 64.4. The Bertz CT molecular complexity index is 1940. The van der Waals surface area contributed by atoms with Crippen LogP contribution in [0.1, 0.15) is 265 Å². The molecule has 0 amide bonds. The number of hydrogen-bond acceptors (Lipinski definition) is 6. The predicted molar refractivity (Wildman–Crippen MR) is 361 cm³/mol. The fraction of sp³-hybridized carbons (Fsp3) is 0.571. The summed E-state index contributed by atoms with van der Waals surface area (Å²) in [5, 5.41) is 0. The zero-order chi connectivity index (χ0) is 59.9. The fourth-order valence-corrected chi connectivity index (χ4v) is 8.52. The molecule has 0 saturated heterocycles. The molecule has 0 saturated carbocycles. The number of unbranched alkanes of at least 4 members (excludes halogenated alkanes) is 17. The standard InChI is InChI=1S/C77H120O6/c1-4-7-10-13-16-19-22-25-27-29-31-33-34-35-36-37-38-39-40-41-42-44-45-47-49-52-55-58-61-64-67-70-76(79)82-73-74(72-81-75(78)69-66-63-60-57-54-51-24-21-18-15-12-9-6-3)83-77(80)71-68-65-62-59-56-53-50-48-46-43-32-30-28-26-23-20-17-14-11-8-5-2/h7-12,16-21,25-28,31-33,35-36,38-39,41-43,45,47,51,54,74H,4-6,13-15,22-24,29-30,34,37,40,44,46,48-50,52-53,55-73H2,1-3H3/b10-7-,11-8-,12-9-,19-16-,20-17-,21-18-,27-25-,28-26-,33-31-,36-35-,39-38-,42-41-,43-32-,47-45-,54-51-. The number of allylic oxidation sites excluding steroid dienone is 30. The van der Waals surface area contributed by atoms with E-state index in [1.54, 1.807) is 0 Å². The first kappa shape index (κ1) is 77.5. The van der Waals surface area contributed by atoms with Crippen LogP contribution >= 0.6 is 0 Å². The minimum atomic E-state index is -0.813. The van der Waals surface area contributed by atoms with Crippen LogP contribution in [0.5, 0.6) is 0 Å². The molecule has 0 aromatic heterocycles. The van der Waals surface area contributed by atoms with Crippen LogP contribution in [0, 0.1) is 0 Å². The van der Waals surface area contributed by atoms with E-state index in [-0.39, 0.29) is 31.1 Å². The van der Waals surface area contributed by atoms with Gasteiger partial charge in [-0.25, -0.2) is 0 Å². The lowest BCUT2D eigenvalue weighted by atomic mass is 10.1. The Morgan fingerprint density at radius 2 is 0.434 bits per heavy atom. The van der Waals surface area contributed by atoms with E-state index in [2.05, 4.69) is 203 Å². The molecule has 0 aliphatic heterocycles.